The molecule has 3 fully saturated rings. The molecule has 0 unspecified atom stereocenters. The zero-order chi connectivity index (χ0) is 24.7. The maximum Gasteiger partial charge on any atom is 0.294 e. The lowest BCUT2D eigenvalue weighted by Gasteiger charge is -2.37. The number of para-hydroxylation sites is 2. The SMILES string of the molecule is COc1ccccc1N1CCN(c2ccc(N3C(=O)[C@H]4C[C@H](C)CC[C@H]4C3=O)cc2[N+](=O)[O-])CC1. The Morgan fingerprint density at radius 3 is 2.26 bits per heavy atom. The van der Waals surface area contributed by atoms with Crippen molar-refractivity contribution in [3.8, 4) is 5.75 Å². The largest absolute Gasteiger partial charge is 0.495 e. The fourth-order valence-electron chi connectivity index (χ4n) is 5.79. The van der Waals surface area contributed by atoms with Crippen LogP contribution in [0.4, 0.5) is 22.7 Å². The van der Waals surface area contributed by atoms with Crippen molar-refractivity contribution in [2.24, 2.45) is 17.8 Å². The Morgan fingerprint density at radius 1 is 0.914 bits per heavy atom. The van der Waals surface area contributed by atoms with Crippen LogP contribution in [-0.2, 0) is 9.59 Å². The highest BCUT2D eigenvalue weighted by Gasteiger charge is 2.50. The van der Waals surface area contributed by atoms with E-state index in [1.807, 2.05) is 29.2 Å². The summed E-state index contributed by atoms with van der Waals surface area (Å²) in [6, 6.07) is 12.6. The van der Waals surface area contributed by atoms with Gasteiger partial charge in [0.05, 0.1) is 35.2 Å². The summed E-state index contributed by atoms with van der Waals surface area (Å²) in [4.78, 5) is 43.1. The average Bonchev–Trinajstić information content (AvgIpc) is 3.12. The minimum atomic E-state index is -0.425. The number of hydrogen-bond acceptors (Lipinski definition) is 7. The number of anilines is 3. The van der Waals surface area contributed by atoms with E-state index in [9.17, 15) is 19.7 Å². The van der Waals surface area contributed by atoms with Gasteiger partial charge >= 0.3 is 0 Å². The minimum absolute atomic E-state index is 0.0860. The number of fused-ring (bicyclic) bond motifs is 1. The van der Waals surface area contributed by atoms with Gasteiger partial charge in [0.2, 0.25) is 11.8 Å². The van der Waals surface area contributed by atoms with Crippen molar-refractivity contribution in [2.75, 3.05) is 48.0 Å². The van der Waals surface area contributed by atoms with Gasteiger partial charge in [-0.15, -0.1) is 0 Å². The summed E-state index contributed by atoms with van der Waals surface area (Å²) >= 11 is 0. The number of nitrogens with zero attached hydrogens (tertiary/aromatic N) is 4. The summed E-state index contributed by atoms with van der Waals surface area (Å²) in [6.45, 7) is 4.67. The highest BCUT2D eigenvalue weighted by atomic mass is 16.6. The van der Waals surface area contributed by atoms with Crippen LogP contribution >= 0.6 is 0 Å². The molecule has 0 aromatic heterocycles. The van der Waals surface area contributed by atoms with Gasteiger partial charge in [0, 0.05) is 32.2 Å². The molecule has 5 rings (SSSR count). The number of carbonyl (C=O) groups excluding carboxylic acids is 2. The van der Waals surface area contributed by atoms with Gasteiger partial charge < -0.3 is 14.5 Å². The Kier molecular flexibility index (Phi) is 6.08. The molecule has 0 spiro atoms. The molecule has 2 heterocycles. The van der Waals surface area contributed by atoms with Gasteiger partial charge in [0.1, 0.15) is 11.4 Å². The molecule has 0 bridgehead atoms. The molecule has 2 aliphatic heterocycles. The summed E-state index contributed by atoms with van der Waals surface area (Å²) < 4.78 is 5.48. The number of imide groups is 1. The van der Waals surface area contributed by atoms with Gasteiger partial charge in [0.15, 0.2) is 0 Å². The second-order valence-corrected chi connectivity index (χ2v) is 9.72. The number of methoxy groups -OCH3 is 1. The van der Waals surface area contributed by atoms with Crippen LogP contribution in [0.1, 0.15) is 26.2 Å². The van der Waals surface area contributed by atoms with Crippen LogP contribution in [0.5, 0.6) is 5.75 Å². The van der Waals surface area contributed by atoms with Gasteiger partial charge in [-0.05, 0) is 49.4 Å². The third-order valence-corrected chi connectivity index (χ3v) is 7.65. The molecule has 0 radical (unpaired) electrons. The Labute approximate surface area is 204 Å². The van der Waals surface area contributed by atoms with E-state index in [1.54, 1.807) is 19.2 Å². The number of benzene rings is 2. The number of nitro benzene ring substituents is 1. The topological polar surface area (TPSA) is 96.2 Å². The van der Waals surface area contributed by atoms with E-state index in [0.29, 0.717) is 56.3 Å². The van der Waals surface area contributed by atoms with Crippen molar-refractivity contribution in [1.82, 2.24) is 0 Å². The number of carbonyl (C=O) groups is 2. The molecule has 1 aliphatic carbocycles. The Bertz CT molecular complexity index is 1160. The molecule has 184 valence electrons. The van der Waals surface area contributed by atoms with Gasteiger partial charge in [0.25, 0.3) is 5.69 Å². The van der Waals surface area contributed by atoms with Crippen molar-refractivity contribution in [3.63, 3.8) is 0 Å². The zero-order valence-electron chi connectivity index (χ0n) is 20.1. The van der Waals surface area contributed by atoms with Crippen molar-refractivity contribution >= 4 is 34.6 Å². The third-order valence-electron chi connectivity index (χ3n) is 7.65. The average molecular weight is 479 g/mol. The highest BCUT2D eigenvalue weighted by molar-refractivity contribution is 6.22. The first-order chi connectivity index (χ1) is 16.9. The number of rotatable bonds is 5. The predicted octanol–water partition coefficient (Wildman–Crippen LogP) is 3.86. The predicted molar refractivity (Wildman–Crippen MR) is 133 cm³/mol. The maximum atomic E-state index is 13.1. The lowest BCUT2D eigenvalue weighted by atomic mass is 9.76. The summed E-state index contributed by atoms with van der Waals surface area (Å²) in [7, 11) is 1.64. The van der Waals surface area contributed by atoms with Crippen LogP contribution in [0, 0.1) is 27.9 Å². The molecular formula is C26H30N4O5. The Morgan fingerprint density at radius 2 is 1.57 bits per heavy atom. The molecule has 35 heavy (non-hydrogen) atoms. The van der Waals surface area contributed by atoms with Crippen molar-refractivity contribution in [3.05, 3.63) is 52.6 Å². The van der Waals surface area contributed by atoms with Gasteiger partial charge in [-0.25, -0.2) is 4.90 Å². The van der Waals surface area contributed by atoms with Crippen LogP contribution in [0.3, 0.4) is 0 Å². The number of nitro groups is 1. The van der Waals surface area contributed by atoms with Gasteiger partial charge in [-0.2, -0.15) is 0 Å². The van der Waals surface area contributed by atoms with E-state index < -0.39 is 4.92 Å². The van der Waals surface area contributed by atoms with Crippen LogP contribution in [-0.4, -0.2) is 50.0 Å². The van der Waals surface area contributed by atoms with Crippen molar-refractivity contribution in [1.29, 1.82) is 0 Å². The Balaban J connectivity index is 1.37. The highest BCUT2D eigenvalue weighted by Crippen LogP contribution is 2.43. The third kappa shape index (κ3) is 4.09. The summed E-state index contributed by atoms with van der Waals surface area (Å²) in [5, 5.41) is 12.0. The molecule has 2 amide bonds. The second kappa shape index (κ2) is 9.20. The molecule has 2 aromatic rings. The minimum Gasteiger partial charge on any atom is -0.495 e. The molecule has 1 saturated carbocycles. The van der Waals surface area contributed by atoms with Crippen LogP contribution in [0.25, 0.3) is 0 Å². The fourth-order valence-corrected chi connectivity index (χ4v) is 5.79. The lowest BCUT2D eigenvalue weighted by molar-refractivity contribution is -0.384. The van der Waals surface area contributed by atoms with E-state index in [2.05, 4.69) is 11.8 Å². The molecule has 2 aromatic carbocycles. The quantitative estimate of drug-likeness (QED) is 0.366. The molecular weight excluding hydrogens is 448 g/mol. The fraction of sp³-hybridized carbons (Fsp3) is 0.462. The van der Waals surface area contributed by atoms with E-state index in [1.165, 1.54) is 11.0 Å². The molecule has 3 aliphatic rings. The van der Waals surface area contributed by atoms with E-state index >= 15 is 0 Å². The van der Waals surface area contributed by atoms with Gasteiger partial charge in [-0.1, -0.05) is 19.1 Å². The molecule has 9 heteroatoms. The first kappa shape index (κ1) is 23.1. The normalized spacial score (nSPS) is 24.5. The molecule has 9 nitrogen and oxygen atoms in total. The first-order valence-corrected chi connectivity index (χ1v) is 12.2. The van der Waals surface area contributed by atoms with E-state index in [0.717, 1.165) is 17.9 Å². The molecule has 2 saturated heterocycles. The number of ether oxygens (including phenoxy) is 1. The van der Waals surface area contributed by atoms with Crippen LogP contribution in [0.15, 0.2) is 42.5 Å². The lowest BCUT2D eigenvalue weighted by Crippen LogP contribution is -2.46. The van der Waals surface area contributed by atoms with Crippen molar-refractivity contribution in [2.45, 2.75) is 26.2 Å². The number of hydrogen-bond donors (Lipinski definition) is 0. The number of amides is 2. The smallest absolute Gasteiger partial charge is 0.294 e. The van der Waals surface area contributed by atoms with E-state index in [4.69, 9.17) is 4.74 Å². The molecule has 0 N–H and O–H groups in total. The van der Waals surface area contributed by atoms with Crippen molar-refractivity contribution < 1.29 is 19.2 Å². The summed E-state index contributed by atoms with van der Waals surface area (Å²) in [5.41, 5.74) is 1.71. The second-order valence-electron chi connectivity index (χ2n) is 9.72. The zero-order valence-corrected chi connectivity index (χ0v) is 20.1. The van der Waals surface area contributed by atoms with E-state index in [-0.39, 0.29) is 29.3 Å². The maximum absolute atomic E-state index is 13.1. The number of piperazine rings is 1. The standard InChI is InChI=1S/C26H30N4O5/c1-17-7-9-19-20(15-17)26(32)29(25(19)31)18-8-10-21(23(16-18)30(33)34)27-11-13-28(14-12-27)22-5-3-4-6-24(22)35-2/h3-6,8,10,16-17,19-20H,7,9,11-15H2,1-2H3/t17-,19-,20+/m1/s1. The first-order valence-electron chi connectivity index (χ1n) is 12.2. The monoisotopic (exact) mass is 478 g/mol. The van der Waals surface area contributed by atoms with Crippen LogP contribution in [0.2, 0.25) is 0 Å². The summed E-state index contributed by atoms with van der Waals surface area (Å²) in [5.74, 6) is 0.136. The molecule has 3 atom stereocenters. The summed E-state index contributed by atoms with van der Waals surface area (Å²) in [6.07, 6.45) is 2.32. The van der Waals surface area contributed by atoms with Gasteiger partial charge in [-0.3, -0.25) is 19.7 Å². The Hall–Kier alpha value is -3.62. The van der Waals surface area contributed by atoms with Crippen LogP contribution < -0.4 is 19.4 Å².